The van der Waals surface area contributed by atoms with Gasteiger partial charge in [-0.05, 0) is 42.1 Å². The smallest absolute Gasteiger partial charge is 0.346 e. The number of hydrogen-bond acceptors (Lipinski definition) is 4. The Labute approximate surface area is 258 Å². The molecule has 7 heteroatoms. The first-order chi connectivity index (χ1) is 18.5. The molecule has 5 aliphatic carbocycles. The average molecular weight is 552 g/mol. The quantitative estimate of drug-likeness (QED) is 0.370. The van der Waals surface area contributed by atoms with Crippen molar-refractivity contribution in [1.82, 2.24) is 9.80 Å². The summed E-state index contributed by atoms with van der Waals surface area (Å²) >= 11 is 0. The zero-order valence-electron chi connectivity index (χ0n) is 26.7. The normalized spacial score (nSPS) is 43.0. The second-order valence-electron chi connectivity index (χ2n) is 16.0. The summed E-state index contributed by atoms with van der Waals surface area (Å²) < 4.78 is 0. The van der Waals surface area contributed by atoms with Crippen LogP contribution in [-0.2, 0) is 9.59 Å². The van der Waals surface area contributed by atoms with Crippen LogP contribution in [0.4, 0.5) is 4.79 Å². The van der Waals surface area contributed by atoms with Gasteiger partial charge >= 0.3 is 24.9 Å². The molecule has 0 bridgehead atoms. The number of likely N-dealkylation sites (N-methyl/N-ethyl adjacent to an activating group) is 1. The van der Waals surface area contributed by atoms with Crippen LogP contribution in [0, 0.1) is 56.2 Å². The molecule has 6 atom stereocenters. The second-order valence-corrected chi connectivity index (χ2v) is 16.0. The standard InChI is InChI=1S/C34H46N3O3.Li/c1-29(2)11-13-34(37-16-15-36(8)28(37)40)14-12-33(7)26(22(34)19-29)23(38)17-25-31(5)18-21(20-35)27(39)30(3,4)24(31)9-10-32(25,33)6;/h17-18,24,26H,9-16,19H2,1-8H3;/q-1;+1/t24?,26-,31-,32+,33+,34-;/m0./s1. The Morgan fingerprint density at radius 3 is 2.22 bits per heavy atom. The van der Waals surface area contributed by atoms with Crippen molar-refractivity contribution in [3.8, 4) is 6.07 Å². The van der Waals surface area contributed by atoms with E-state index in [9.17, 15) is 19.6 Å². The molecule has 1 saturated heterocycles. The molecule has 0 spiro atoms. The third-order valence-corrected chi connectivity index (χ3v) is 13.2. The molecular weight excluding hydrogens is 505 g/mol. The molecule has 0 aromatic rings. The van der Waals surface area contributed by atoms with Crippen LogP contribution in [0.3, 0.4) is 0 Å². The molecule has 1 aliphatic heterocycles. The third kappa shape index (κ3) is 3.70. The molecule has 6 aliphatic rings. The first-order valence-corrected chi connectivity index (χ1v) is 15.3. The fourth-order valence-corrected chi connectivity index (χ4v) is 10.7. The van der Waals surface area contributed by atoms with E-state index < -0.39 is 10.8 Å². The molecule has 0 N–H and O–H groups in total. The van der Waals surface area contributed by atoms with Crippen LogP contribution in [0.25, 0.3) is 0 Å². The van der Waals surface area contributed by atoms with Gasteiger partial charge in [0.25, 0.3) is 0 Å². The molecule has 41 heavy (non-hydrogen) atoms. The molecule has 6 nitrogen and oxygen atoms in total. The van der Waals surface area contributed by atoms with Crippen molar-refractivity contribution in [3.63, 3.8) is 0 Å². The molecule has 0 aromatic heterocycles. The number of carbonyl (C=O) groups excluding carboxylic acids is 3. The third-order valence-electron chi connectivity index (χ3n) is 13.2. The maximum atomic E-state index is 14.6. The first kappa shape index (κ1) is 30.6. The monoisotopic (exact) mass is 551 g/mol. The predicted octanol–water partition coefficient (Wildman–Crippen LogP) is 3.29. The number of Topliss-reactive ketones (excluding diaryl/α,β-unsaturated/α-hetero) is 1. The number of fused-ring (bicyclic) bond motifs is 7. The molecule has 6 rings (SSSR count). The Kier molecular flexibility index (Phi) is 6.79. The molecule has 2 amide bonds. The van der Waals surface area contributed by atoms with Crippen molar-refractivity contribution in [2.24, 2.45) is 38.9 Å². The van der Waals surface area contributed by atoms with E-state index in [1.165, 1.54) is 5.92 Å². The van der Waals surface area contributed by atoms with E-state index in [1.54, 1.807) is 0 Å². The summed E-state index contributed by atoms with van der Waals surface area (Å²) in [5.74, 6) is 1.19. The maximum Gasteiger partial charge on any atom is 1.00 e. The van der Waals surface area contributed by atoms with Crippen molar-refractivity contribution in [2.75, 3.05) is 20.1 Å². The van der Waals surface area contributed by atoms with Gasteiger partial charge in [0, 0.05) is 31.0 Å². The van der Waals surface area contributed by atoms with E-state index in [0.717, 1.165) is 63.6 Å². The van der Waals surface area contributed by atoms with Crippen LogP contribution in [0.1, 0.15) is 93.4 Å². The fourth-order valence-electron chi connectivity index (χ4n) is 10.7. The summed E-state index contributed by atoms with van der Waals surface area (Å²) in [6.45, 7) is 16.9. The van der Waals surface area contributed by atoms with Crippen LogP contribution in [0.2, 0.25) is 0 Å². The van der Waals surface area contributed by atoms with Gasteiger partial charge in [0.1, 0.15) is 11.9 Å². The Hall–Kier alpha value is -1.82. The fraction of sp³-hybridized carbons (Fsp3) is 0.735. The summed E-state index contributed by atoms with van der Waals surface area (Å²) in [6, 6.07) is 2.30. The van der Waals surface area contributed by atoms with E-state index >= 15 is 0 Å². The minimum absolute atomic E-state index is 0. The summed E-state index contributed by atoms with van der Waals surface area (Å²) in [4.78, 5) is 45.3. The van der Waals surface area contributed by atoms with Gasteiger partial charge in [0.15, 0.2) is 5.78 Å². The largest absolute Gasteiger partial charge is 1.00 e. The minimum Gasteiger partial charge on any atom is -0.346 e. The number of nitriles is 1. The summed E-state index contributed by atoms with van der Waals surface area (Å²) in [5, 5.41) is 9.94. The summed E-state index contributed by atoms with van der Waals surface area (Å²) in [7, 11) is 1.89. The molecule has 1 heterocycles. The summed E-state index contributed by atoms with van der Waals surface area (Å²) in [5.41, 5.74) is -0.663. The van der Waals surface area contributed by atoms with Crippen LogP contribution >= 0.6 is 0 Å². The SMILES string of the molecule is CN1CCN([C@]23CCC(C)(C)C[C-]2[C@H]2C(=O)C=C4[C@@]5(C)C=C(C#N)C(=O)C(C)(C)C5CC[C@@]4(C)[C@]2(C)CC3)C1=O.[Li+]. The van der Waals surface area contributed by atoms with E-state index in [-0.39, 0.29) is 75.7 Å². The van der Waals surface area contributed by atoms with Gasteiger partial charge in [-0.15, -0.1) is 0 Å². The Morgan fingerprint density at radius 1 is 0.951 bits per heavy atom. The number of carbonyl (C=O) groups is 3. The van der Waals surface area contributed by atoms with Gasteiger partial charge in [-0.2, -0.15) is 11.7 Å². The minimum atomic E-state index is -0.663. The number of allylic oxidation sites excluding steroid dienone is 4. The first-order valence-electron chi connectivity index (χ1n) is 15.3. The van der Waals surface area contributed by atoms with E-state index in [0.29, 0.717) is 0 Å². The Balaban J connectivity index is 0.00000337. The Bertz CT molecular complexity index is 1320. The van der Waals surface area contributed by atoms with Crippen molar-refractivity contribution in [1.29, 1.82) is 5.26 Å². The molecule has 3 saturated carbocycles. The van der Waals surface area contributed by atoms with Crippen LogP contribution < -0.4 is 18.9 Å². The van der Waals surface area contributed by atoms with Gasteiger partial charge in [0.05, 0.1) is 5.57 Å². The molecule has 216 valence electrons. The van der Waals surface area contributed by atoms with Crippen LogP contribution in [-0.4, -0.2) is 53.1 Å². The number of hydrogen-bond donors (Lipinski definition) is 0. The number of ketones is 2. The van der Waals surface area contributed by atoms with Crippen molar-refractivity contribution in [3.05, 3.63) is 29.2 Å². The zero-order chi connectivity index (χ0) is 29.3. The number of rotatable bonds is 1. The predicted molar refractivity (Wildman–Crippen MR) is 154 cm³/mol. The topological polar surface area (TPSA) is 81.5 Å². The molecule has 0 radical (unpaired) electrons. The average Bonchev–Trinajstić information content (AvgIpc) is 3.21. The molecule has 1 unspecified atom stereocenters. The van der Waals surface area contributed by atoms with Crippen molar-refractivity contribution < 1.29 is 33.2 Å². The van der Waals surface area contributed by atoms with Crippen molar-refractivity contribution >= 4 is 17.6 Å². The number of nitrogens with zero attached hydrogens (tertiary/aromatic N) is 3. The van der Waals surface area contributed by atoms with Gasteiger partial charge in [0.2, 0.25) is 0 Å². The van der Waals surface area contributed by atoms with Gasteiger partial charge in [-0.25, -0.2) is 4.79 Å². The maximum absolute atomic E-state index is 14.6. The van der Waals surface area contributed by atoms with Crippen molar-refractivity contribution in [2.45, 2.75) is 99.0 Å². The van der Waals surface area contributed by atoms with Gasteiger partial charge in [-0.3, -0.25) is 15.5 Å². The number of urea groups is 1. The number of amides is 2. The van der Waals surface area contributed by atoms with E-state index in [1.807, 2.05) is 37.9 Å². The van der Waals surface area contributed by atoms with E-state index in [4.69, 9.17) is 0 Å². The van der Waals surface area contributed by atoms with Gasteiger partial charge in [-0.1, -0.05) is 96.2 Å². The molecule has 4 fully saturated rings. The molecule has 0 aromatic carbocycles. The second kappa shape index (κ2) is 9.09. The van der Waals surface area contributed by atoms with Crippen LogP contribution in [0.15, 0.2) is 23.3 Å². The van der Waals surface area contributed by atoms with Gasteiger partial charge < -0.3 is 9.80 Å². The Morgan fingerprint density at radius 2 is 1.61 bits per heavy atom. The van der Waals surface area contributed by atoms with Crippen LogP contribution in [0.5, 0.6) is 0 Å². The molecular formula is C34H46LiN3O3. The summed E-state index contributed by atoms with van der Waals surface area (Å²) in [6.07, 6.45) is 10.3. The zero-order valence-corrected chi connectivity index (χ0v) is 26.7. The van der Waals surface area contributed by atoms with E-state index in [2.05, 4.69) is 45.6 Å².